The van der Waals surface area contributed by atoms with Gasteiger partial charge in [0.05, 0.1) is 20.6 Å². The summed E-state index contributed by atoms with van der Waals surface area (Å²) in [5, 5.41) is 9.37. The third-order valence-corrected chi connectivity index (χ3v) is 4.06. The number of hydrogen-bond donors (Lipinski definition) is 0. The van der Waals surface area contributed by atoms with E-state index in [9.17, 15) is 5.26 Å². The van der Waals surface area contributed by atoms with Crippen molar-refractivity contribution in [3.8, 4) is 11.8 Å². The van der Waals surface area contributed by atoms with Gasteiger partial charge in [-0.25, -0.2) is 0 Å². The zero-order valence-electron chi connectivity index (χ0n) is 11.7. The van der Waals surface area contributed by atoms with Crippen molar-refractivity contribution in [2.24, 2.45) is 0 Å². The van der Waals surface area contributed by atoms with E-state index in [0.29, 0.717) is 12.2 Å². The van der Waals surface area contributed by atoms with Gasteiger partial charge in [-0.1, -0.05) is 43.0 Å². The van der Waals surface area contributed by atoms with E-state index in [0.717, 1.165) is 25.8 Å². The summed E-state index contributed by atoms with van der Waals surface area (Å²) >= 11 is 6.99. The fraction of sp³-hybridized carbons (Fsp3) is 0.0556. The van der Waals surface area contributed by atoms with E-state index in [1.54, 1.807) is 6.08 Å². The lowest BCUT2D eigenvalue weighted by Crippen LogP contribution is -1.95. The molecule has 110 valence electrons. The Morgan fingerprint density at radius 2 is 1.82 bits per heavy atom. The van der Waals surface area contributed by atoms with Crippen molar-refractivity contribution >= 4 is 43.5 Å². The second kappa shape index (κ2) is 7.98. The van der Waals surface area contributed by atoms with Gasteiger partial charge in [0.1, 0.15) is 12.4 Å². The van der Waals surface area contributed by atoms with Gasteiger partial charge in [-0.05, 0) is 61.2 Å². The predicted octanol–water partition coefficient (Wildman–Crippen LogP) is 5.84. The number of allylic oxidation sites excluding steroid dienone is 1. The number of halogens is 2. The molecule has 0 fully saturated rings. The first-order valence-electron chi connectivity index (χ1n) is 6.55. The van der Waals surface area contributed by atoms with Crippen molar-refractivity contribution in [3.05, 3.63) is 75.2 Å². The largest absolute Gasteiger partial charge is 0.487 e. The first-order valence-corrected chi connectivity index (χ1v) is 8.14. The van der Waals surface area contributed by atoms with Crippen LogP contribution in [0.15, 0.2) is 64.1 Å². The summed E-state index contributed by atoms with van der Waals surface area (Å²) in [6.45, 7) is 4.07. The number of hydrogen-bond acceptors (Lipinski definition) is 2. The van der Waals surface area contributed by atoms with Crippen LogP contribution in [0.25, 0.3) is 11.6 Å². The molecule has 0 saturated carbocycles. The summed E-state index contributed by atoms with van der Waals surface area (Å²) in [5.74, 6) is 0.718. The number of nitriles is 1. The molecule has 22 heavy (non-hydrogen) atoms. The van der Waals surface area contributed by atoms with Crippen molar-refractivity contribution in [2.45, 2.75) is 0 Å². The van der Waals surface area contributed by atoms with E-state index in [2.05, 4.69) is 44.5 Å². The average Bonchev–Trinajstić information content (AvgIpc) is 2.53. The van der Waals surface area contributed by atoms with Crippen molar-refractivity contribution in [3.63, 3.8) is 0 Å². The fourth-order valence-corrected chi connectivity index (χ4v) is 3.36. The number of rotatable bonds is 5. The molecule has 2 aromatic rings. The Labute approximate surface area is 147 Å². The molecule has 0 N–H and O–H groups in total. The van der Waals surface area contributed by atoms with Gasteiger partial charge in [-0.15, -0.1) is 0 Å². The zero-order valence-corrected chi connectivity index (χ0v) is 14.9. The summed E-state index contributed by atoms with van der Waals surface area (Å²) < 4.78 is 7.23. The summed E-state index contributed by atoms with van der Waals surface area (Å²) in [6, 6.07) is 15.7. The molecule has 2 nitrogen and oxygen atoms in total. The summed E-state index contributed by atoms with van der Waals surface area (Å²) in [4.78, 5) is 0. The van der Waals surface area contributed by atoms with Crippen LogP contribution in [0.1, 0.15) is 11.1 Å². The molecule has 0 aliphatic carbocycles. The molecule has 0 saturated heterocycles. The third kappa shape index (κ3) is 4.09. The second-order valence-electron chi connectivity index (χ2n) is 4.45. The Morgan fingerprint density at radius 1 is 1.18 bits per heavy atom. The van der Waals surface area contributed by atoms with Crippen LogP contribution in [0.5, 0.6) is 5.75 Å². The maximum absolute atomic E-state index is 9.37. The lowest BCUT2D eigenvalue weighted by atomic mass is 10.0. The van der Waals surface area contributed by atoms with Gasteiger partial charge in [-0.2, -0.15) is 5.26 Å². The molecule has 0 radical (unpaired) electrons. The van der Waals surface area contributed by atoms with Gasteiger partial charge in [0.2, 0.25) is 0 Å². The standard InChI is InChI=1S/C18H13Br2NO/c1-2-8-22-18-16(19)10-13(11-17(18)20)9-15(12-21)14-6-4-3-5-7-14/h2-7,9-11H,1,8H2/b15-9+. The minimum Gasteiger partial charge on any atom is -0.487 e. The summed E-state index contributed by atoms with van der Waals surface area (Å²) in [6.07, 6.45) is 3.54. The molecule has 0 aliphatic heterocycles. The van der Waals surface area contributed by atoms with Crippen molar-refractivity contribution in [1.29, 1.82) is 5.26 Å². The van der Waals surface area contributed by atoms with Crippen LogP contribution in [0.2, 0.25) is 0 Å². The highest BCUT2D eigenvalue weighted by molar-refractivity contribution is 9.11. The van der Waals surface area contributed by atoms with Gasteiger partial charge in [-0.3, -0.25) is 0 Å². The molecule has 4 heteroatoms. The van der Waals surface area contributed by atoms with E-state index in [4.69, 9.17) is 4.74 Å². The molecule has 0 heterocycles. The number of benzene rings is 2. The van der Waals surface area contributed by atoms with Crippen LogP contribution in [-0.2, 0) is 0 Å². The maximum Gasteiger partial charge on any atom is 0.148 e. The van der Waals surface area contributed by atoms with Gasteiger partial charge < -0.3 is 4.74 Å². The molecule has 0 aromatic heterocycles. The minimum atomic E-state index is 0.430. The Kier molecular flexibility index (Phi) is 6.00. The Hall–Kier alpha value is -1.83. The van der Waals surface area contributed by atoms with Crippen molar-refractivity contribution < 1.29 is 4.74 Å². The van der Waals surface area contributed by atoms with Crippen LogP contribution in [-0.4, -0.2) is 6.61 Å². The first kappa shape index (κ1) is 16.5. The van der Waals surface area contributed by atoms with Crippen LogP contribution >= 0.6 is 31.9 Å². The third-order valence-electron chi connectivity index (χ3n) is 2.88. The Morgan fingerprint density at radius 3 is 2.36 bits per heavy atom. The van der Waals surface area contributed by atoms with E-state index >= 15 is 0 Å². The zero-order chi connectivity index (χ0) is 15.9. The highest BCUT2D eigenvalue weighted by atomic mass is 79.9. The van der Waals surface area contributed by atoms with Gasteiger partial charge in [0, 0.05) is 0 Å². The normalized spacial score (nSPS) is 10.9. The quantitative estimate of drug-likeness (QED) is 0.347. The van der Waals surface area contributed by atoms with Crippen molar-refractivity contribution in [1.82, 2.24) is 0 Å². The van der Waals surface area contributed by atoms with Gasteiger partial charge in [0.25, 0.3) is 0 Å². The molecule has 0 amide bonds. The molecule has 2 aromatic carbocycles. The molecule has 0 bridgehead atoms. The molecule has 0 aliphatic rings. The predicted molar refractivity (Wildman–Crippen MR) is 97.5 cm³/mol. The summed E-state index contributed by atoms with van der Waals surface area (Å²) in [5.41, 5.74) is 2.41. The highest BCUT2D eigenvalue weighted by Gasteiger charge is 2.09. The summed E-state index contributed by atoms with van der Waals surface area (Å²) in [7, 11) is 0. The van der Waals surface area contributed by atoms with Crippen LogP contribution in [0, 0.1) is 11.3 Å². The first-order chi connectivity index (χ1) is 10.7. The lowest BCUT2D eigenvalue weighted by Gasteiger charge is -2.10. The molecular weight excluding hydrogens is 406 g/mol. The van der Waals surface area contributed by atoms with Gasteiger partial charge in [0.15, 0.2) is 0 Å². The molecule has 0 atom stereocenters. The highest BCUT2D eigenvalue weighted by Crippen LogP contribution is 2.35. The van der Waals surface area contributed by atoms with Crippen LogP contribution in [0.3, 0.4) is 0 Å². The molecule has 2 rings (SSSR count). The van der Waals surface area contributed by atoms with Crippen LogP contribution < -0.4 is 4.74 Å². The van der Waals surface area contributed by atoms with Gasteiger partial charge >= 0.3 is 0 Å². The fourth-order valence-electron chi connectivity index (χ4n) is 1.91. The second-order valence-corrected chi connectivity index (χ2v) is 6.16. The van der Waals surface area contributed by atoms with E-state index in [1.165, 1.54) is 0 Å². The average molecular weight is 419 g/mol. The van der Waals surface area contributed by atoms with Crippen molar-refractivity contribution in [2.75, 3.05) is 6.61 Å². The number of nitrogens with zero attached hydrogens (tertiary/aromatic N) is 1. The van der Waals surface area contributed by atoms with E-state index in [1.807, 2.05) is 48.5 Å². The van der Waals surface area contributed by atoms with Crippen LogP contribution in [0.4, 0.5) is 0 Å². The minimum absolute atomic E-state index is 0.430. The van der Waals surface area contributed by atoms with E-state index in [-0.39, 0.29) is 0 Å². The molecule has 0 unspecified atom stereocenters. The number of ether oxygens (including phenoxy) is 1. The molecule has 0 spiro atoms. The lowest BCUT2D eigenvalue weighted by molar-refractivity contribution is 0.358. The smallest absolute Gasteiger partial charge is 0.148 e. The Bertz CT molecular complexity index is 722. The SMILES string of the molecule is C=CCOc1c(Br)cc(/C=C(\C#N)c2ccccc2)cc1Br. The maximum atomic E-state index is 9.37. The topological polar surface area (TPSA) is 33.0 Å². The van der Waals surface area contributed by atoms with E-state index < -0.39 is 0 Å². The Balaban J connectivity index is 2.39. The monoisotopic (exact) mass is 417 g/mol. The molecular formula is C18H13Br2NO.